The average molecular weight is 292 g/mol. The number of nitrogens with one attached hydrogen (secondary N) is 1. The number of nitrogens with zero attached hydrogens (tertiary/aromatic N) is 1. The Bertz CT molecular complexity index is 480. The molecule has 2 aliphatic rings. The van der Waals surface area contributed by atoms with Crippen molar-refractivity contribution in [3.63, 3.8) is 0 Å². The van der Waals surface area contributed by atoms with Crippen LogP contribution in [0.1, 0.15) is 43.4 Å². The van der Waals surface area contributed by atoms with Gasteiger partial charge in [-0.2, -0.15) is 0 Å². The lowest BCUT2D eigenvalue weighted by Gasteiger charge is -2.29. The minimum atomic E-state index is -0.327. The third kappa shape index (κ3) is 2.79. The number of hydrogen-bond acceptors (Lipinski definition) is 4. The van der Waals surface area contributed by atoms with Gasteiger partial charge in [0, 0.05) is 17.5 Å². The second-order valence-electron chi connectivity index (χ2n) is 5.61. The Kier molecular flexibility index (Phi) is 4.17. The molecule has 4 nitrogen and oxygen atoms in total. The smallest absolute Gasteiger partial charge is 0.247 e. The van der Waals surface area contributed by atoms with E-state index in [1.54, 1.807) is 16.2 Å². The van der Waals surface area contributed by atoms with Crippen molar-refractivity contribution in [3.05, 3.63) is 22.4 Å². The normalized spacial score (nSPS) is 24.6. The first-order chi connectivity index (χ1) is 9.75. The first-order valence-corrected chi connectivity index (χ1v) is 8.25. The highest BCUT2D eigenvalue weighted by Crippen LogP contribution is 2.27. The second kappa shape index (κ2) is 6.06. The van der Waals surface area contributed by atoms with E-state index in [9.17, 15) is 9.59 Å². The molecule has 1 saturated carbocycles. The van der Waals surface area contributed by atoms with Crippen molar-refractivity contribution in [2.75, 3.05) is 0 Å². The number of likely N-dealkylation sites (tertiary alicyclic amines) is 1. The Labute approximate surface area is 123 Å². The lowest BCUT2D eigenvalue weighted by Crippen LogP contribution is -2.44. The summed E-state index contributed by atoms with van der Waals surface area (Å²) in [6, 6.07) is 3.86. The van der Waals surface area contributed by atoms with Gasteiger partial charge in [-0.05, 0) is 24.3 Å². The van der Waals surface area contributed by atoms with E-state index in [2.05, 4.69) is 5.32 Å². The minimum Gasteiger partial charge on any atom is -0.300 e. The third-order valence-electron chi connectivity index (χ3n) is 4.23. The molecule has 20 heavy (non-hydrogen) atoms. The molecule has 0 bridgehead atoms. The zero-order valence-electron chi connectivity index (χ0n) is 11.5. The van der Waals surface area contributed by atoms with Crippen LogP contribution in [-0.2, 0) is 16.1 Å². The monoisotopic (exact) mass is 292 g/mol. The summed E-state index contributed by atoms with van der Waals surface area (Å²) >= 11 is 1.66. The van der Waals surface area contributed by atoms with Crippen LogP contribution in [-0.4, -0.2) is 28.8 Å². The molecule has 1 unspecified atom stereocenters. The summed E-state index contributed by atoms with van der Waals surface area (Å²) in [5.41, 5.74) is 0. The largest absolute Gasteiger partial charge is 0.300 e. The van der Waals surface area contributed by atoms with Gasteiger partial charge in [0.15, 0.2) is 0 Å². The van der Waals surface area contributed by atoms with E-state index in [-0.39, 0.29) is 23.9 Å². The van der Waals surface area contributed by atoms with Crippen LogP contribution in [0.2, 0.25) is 0 Å². The summed E-state index contributed by atoms with van der Waals surface area (Å²) < 4.78 is 0. The number of carbonyl (C=O) groups excluding carboxylic acids is 2. The molecule has 0 aromatic carbocycles. The van der Waals surface area contributed by atoms with Gasteiger partial charge >= 0.3 is 0 Å². The van der Waals surface area contributed by atoms with Gasteiger partial charge in [-0.15, -0.1) is 11.3 Å². The van der Waals surface area contributed by atoms with E-state index in [0.717, 1.165) is 25.7 Å². The minimum absolute atomic E-state index is 0.00517. The third-order valence-corrected chi connectivity index (χ3v) is 5.10. The van der Waals surface area contributed by atoms with Gasteiger partial charge in [0.2, 0.25) is 11.8 Å². The first kappa shape index (κ1) is 13.8. The maximum atomic E-state index is 12.4. The van der Waals surface area contributed by atoms with E-state index >= 15 is 0 Å². The van der Waals surface area contributed by atoms with Gasteiger partial charge in [0.05, 0.1) is 12.5 Å². The summed E-state index contributed by atoms with van der Waals surface area (Å²) in [6.07, 6.45) is 5.78. The molecule has 0 spiro atoms. The van der Waals surface area contributed by atoms with Crippen LogP contribution in [0.15, 0.2) is 17.5 Å². The molecule has 1 aliphatic heterocycles. The van der Waals surface area contributed by atoms with Gasteiger partial charge in [0.25, 0.3) is 0 Å². The van der Waals surface area contributed by atoms with Crippen LogP contribution < -0.4 is 5.32 Å². The molecule has 5 heteroatoms. The molecule has 3 rings (SSSR count). The molecule has 1 aromatic rings. The number of hydrogen-bond donors (Lipinski definition) is 1. The fourth-order valence-electron chi connectivity index (χ4n) is 3.17. The van der Waals surface area contributed by atoms with Crippen LogP contribution in [0.5, 0.6) is 0 Å². The summed E-state index contributed by atoms with van der Waals surface area (Å²) in [4.78, 5) is 27.3. The summed E-state index contributed by atoms with van der Waals surface area (Å²) in [5.74, 6) is -0.0102. The SMILES string of the molecule is O=C1CC(NCc2cccs2)C(=O)N1C1CCCCC1. The first-order valence-electron chi connectivity index (χ1n) is 7.37. The van der Waals surface area contributed by atoms with Crippen molar-refractivity contribution in [1.29, 1.82) is 0 Å². The maximum absolute atomic E-state index is 12.4. The zero-order valence-corrected chi connectivity index (χ0v) is 12.3. The number of rotatable bonds is 4. The summed E-state index contributed by atoms with van der Waals surface area (Å²) in [6.45, 7) is 0.667. The van der Waals surface area contributed by atoms with Crippen molar-refractivity contribution in [2.45, 2.75) is 57.2 Å². The molecule has 2 fully saturated rings. The quantitative estimate of drug-likeness (QED) is 0.866. The van der Waals surface area contributed by atoms with E-state index in [4.69, 9.17) is 0 Å². The topological polar surface area (TPSA) is 49.4 Å². The molecule has 1 N–H and O–H groups in total. The number of thiophene rings is 1. The van der Waals surface area contributed by atoms with Gasteiger partial charge in [-0.3, -0.25) is 14.5 Å². The lowest BCUT2D eigenvalue weighted by molar-refractivity contribution is -0.142. The Hall–Kier alpha value is -1.20. The fraction of sp³-hybridized carbons (Fsp3) is 0.600. The van der Waals surface area contributed by atoms with Gasteiger partial charge in [0.1, 0.15) is 0 Å². The molecule has 1 saturated heterocycles. The fourth-order valence-corrected chi connectivity index (χ4v) is 3.83. The van der Waals surface area contributed by atoms with Crippen LogP contribution in [0.25, 0.3) is 0 Å². The molecule has 2 heterocycles. The molecule has 1 aromatic heterocycles. The van der Waals surface area contributed by atoms with Crippen LogP contribution >= 0.6 is 11.3 Å². The lowest BCUT2D eigenvalue weighted by atomic mass is 9.94. The summed E-state index contributed by atoms with van der Waals surface area (Å²) in [5, 5.41) is 5.25. The highest BCUT2D eigenvalue weighted by molar-refractivity contribution is 7.09. The van der Waals surface area contributed by atoms with Crippen molar-refractivity contribution < 1.29 is 9.59 Å². The van der Waals surface area contributed by atoms with Crippen molar-refractivity contribution in [1.82, 2.24) is 10.2 Å². The molecular formula is C15H20N2O2S. The Morgan fingerprint density at radius 1 is 1.25 bits per heavy atom. The highest BCUT2D eigenvalue weighted by Gasteiger charge is 2.42. The van der Waals surface area contributed by atoms with E-state index in [1.165, 1.54) is 11.3 Å². The predicted octanol–water partition coefficient (Wildman–Crippen LogP) is 2.30. The van der Waals surface area contributed by atoms with Crippen LogP contribution in [0, 0.1) is 0 Å². The van der Waals surface area contributed by atoms with E-state index in [0.29, 0.717) is 13.0 Å². The Balaban J connectivity index is 1.60. The molecule has 2 amide bonds. The van der Waals surface area contributed by atoms with Gasteiger partial charge in [-0.1, -0.05) is 25.3 Å². The molecule has 0 radical (unpaired) electrons. The molecule has 1 aliphatic carbocycles. The molecular weight excluding hydrogens is 272 g/mol. The van der Waals surface area contributed by atoms with Gasteiger partial charge < -0.3 is 5.32 Å². The summed E-state index contributed by atoms with van der Waals surface area (Å²) in [7, 11) is 0. The number of amides is 2. The van der Waals surface area contributed by atoms with Crippen molar-refractivity contribution >= 4 is 23.2 Å². The Morgan fingerprint density at radius 2 is 2.05 bits per heavy atom. The van der Waals surface area contributed by atoms with E-state index < -0.39 is 0 Å². The standard InChI is InChI=1S/C15H20N2O2S/c18-14-9-13(16-10-12-7-4-8-20-12)15(19)17(14)11-5-2-1-3-6-11/h4,7-8,11,13,16H,1-3,5-6,9-10H2. The number of imide groups is 1. The average Bonchev–Trinajstić information content (AvgIpc) is 3.06. The molecule has 108 valence electrons. The van der Waals surface area contributed by atoms with Crippen molar-refractivity contribution in [3.8, 4) is 0 Å². The Morgan fingerprint density at radius 3 is 2.75 bits per heavy atom. The second-order valence-corrected chi connectivity index (χ2v) is 6.64. The van der Waals surface area contributed by atoms with E-state index in [1.807, 2.05) is 17.5 Å². The van der Waals surface area contributed by atoms with Crippen LogP contribution in [0.4, 0.5) is 0 Å². The maximum Gasteiger partial charge on any atom is 0.247 e. The van der Waals surface area contributed by atoms with Gasteiger partial charge in [-0.25, -0.2) is 0 Å². The highest BCUT2D eigenvalue weighted by atomic mass is 32.1. The predicted molar refractivity (Wildman–Crippen MR) is 78.3 cm³/mol. The molecule has 1 atom stereocenters. The zero-order chi connectivity index (χ0) is 13.9. The van der Waals surface area contributed by atoms with Crippen molar-refractivity contribution in [2.24, 2.45) is 0 Å². The number of carbonyl (C=O) groups is 2. The van der Waals surface area contributed by atoms with Crippen LogP contribution in [0.3, 0.4) is 0 Å².